The molecule has 2 heterocycles. The summed E-state index contributed by atoms with van der Waals surface area (Å²) in [5.41, 5.74) is 7.10. The lowest BCUT2D eigenvalue weighted by atomic mass is 9.78. The van der Waals surface area contributed by atoms with Crippen LogP contribution in [0.4, 0.5) is 11.4 Å². The van der Waals surface area contributed by atoms with E-state index in [4.69, 9.17) is 0 Å². The number of nitrogens with zero attached hydrogens (tertiary/aromatic N) is 2. The zero-order valence-corrected chi connectivity index (χ0v) is 20.9. The van der Waals surface area contributed by atoms with Gasteiger partial charge in [0.25, 0.3) is 5.91 Å². The number of aryl methyl sites for hydroxylation is 2. The molecule has 2 aliphatic heterocycles. The second-order valence-corrected chi connectivity index (χ2v) is 11.0. The highest BCUT2D eigenvalue weighted by atomic mass is 32.2. The molecule has 168 valence electrons. The summed E-state index contributed by atoms with van der Waals surface area (Å²) < 4.78 is 0. The van der Waals surface area contributed by atoms with Crippen LogP contribution in [0.15, 0.2) is 46.3 Å². The minimum absolute atomic E-state index is 0.0866. The molecule has 1 N–H and O–H groups in total. The molecule has 1 atom stereocenters. The Bertz CT molecular complexity index is 1130. The molecule has 1 amide bonds. The van der Waals surface area contributed by atoms with Crippen molar-refractivity contribution in [2.75, 3.05) is 4.90 Å². The molecule has 0 aliphatic carbocycles. The number of anilines is 1. The van der Waals surface area contributed by atoms with Crippen LogP contribution in [0.3, 0.4) is 0 Å². The van der Waals surface area contributed by atoms with Gasteiger partial charge < -0.3 is 10.2 Å². The van der Waals surface area contributed by atoms with Crippen LogP contribution in [0.2, 0.25) is 0 Å². The zero-order valence-electron chi connectivity index (χ0n) is 20.1. The van der Waals surface area contributed by atoms with E-state index in [1.807, 2.05) is 37.3 Å². The lowest BCUT2D eigenvalue weighted by molar-refractivity contribution is -0.115. The van der Waals surface area contributed by atoms with E-state index in [9.17, 15) is 4.79 Å². The molecular formula is C27H33N3OS. The third-order valence-electron chi connectivity index (χ3n) is 6.35. The van der Waals surface area contributed by atoms with Gasteiger partial charge in [-0.3, -0.25) is 4.79 Å². The van der Waals surface area contributed by atoms with Crippen LogP contribution in [-0.2, 0) is 4.79 Å². The summed E-state index contributed by atoms with van der Waals surface area (Å²) in [6, 6.07) is 13.0. The van der Waals surface area contributed by atoms with Crippen LogP contribution < -0.4 is 10.2 Å². The molecule has 0 bridgehead atoms. The number of rotatable bonds is 3. The van der Waals surface area contributed by atoms with Gasteiger partial charge in [0.2, 0.25) is 0 Å². The van der Waals surface area contributed by atoms with Crippen molar-refractivity contribution >= 4 is 40.3 Å². The van der Waals surface area contributed by atoms with Crippen LogP contribution in [0.5, 0.6) is 0 Å². The van der Waals surface area contributed by atoms with Crippen molar-refractivity contribution in [1.82, 2.24) is 5.32 Å². The summed E-state index contributed by atoms with van der Waals surface area (Å²) in [7, 11) is 0. The number of hydrogen-bond donors (Lipinski definition) is 1. The highest BCUT2D eigenvalue weighted by molar-refractivity contribution is 8.18. The highest BCUT2D eigenvalue weighted by Crippen LogP contribution is 2.45. The fraction of sp³-hybridized carbons (Fsp3) is 0.407. The first-order valence-electron chi connectivity index (χ1n) is 11.4. The normalized spacial score (nSPS) is 22.6. The van der Waals surface area contributed by atoms with Gasteiger partial charge in [-0.15, -0.1) is 0 Å². The van der Waals surface area contributed by atoms with E-state index in [-0.39, 0.29) is 11.4 Å². The van der Waals surface area contributed by atoms with Crippen molar-refractivity contribution in [3.05, 3.63) is 63.6 Å². The molecule has 2 aliphatic rings. The number of hydrogen-bond acceptors (Lipinski definition) is 4. The Labute approximate surface area is 196 Å². The molecule has 2 aromatic carbocycles. The number of fused-ring (bicyclic) bond motifs is 1. The summed E-state index contributed by atoms with van der Waals surface area (Å²) in [6.07, 6.45) is 3.13. The molecular weight excluding hydrogens is 414 g/mol. The van der Waals surface area contributed by atoms with Gasteiger partial charge in [0.15, 0.2) is 5.17 Å². The van der Waals surface area contributed by atoms with E-state index in [1.54, 1.807) is 0 Å². The molecule has 1 saturated heterocycles. The third kappa shape index (κ3) is 4.36. The minimum Gasteiger partial charge on any atom is -0.364 e. The first-order chi connectivity index (χ1) is 15.0. The molecule has 32 heavy (non-hydrogen) atoms. The number of amides is 1. The Hall–Kier alpha value is -2.53. The topological polar surface area (TPSA) is 44.7 Å². The number of benzene rings is 2. The van der Waals surface area contributed by atoms with Crippen LogP contribution >= 0.6 is 11.8 Å². The first kappa shape index (κ1) is 22.7. The molecule has 0 aromatic heterocycles. The molecule has 4 rings (SSSR count). The van der Waals surface area contributed by atoms with Gasteiger partial charge in [0.05, 0.1) is 10.6 Å². The van der Waals surface area contributed by atoms with Gasteiger partial charge in [-0.25, -0.2) is 4.99 Å². The third-order valence-corrected chi connectivity index (χ3v) is 7.26. The fourth-order valence-corrected chi connectivity index (χ4v) is 6.02. The fourth-order valence-electron chi connectivity index (χ4n) is 5.18. The van der Waals surface area contributed by atoms with E-state index in [0.717, 1.165) is 23.2 Å². The van der Waals surface area contributed by atoms with Gasteiger partial charge in [-0.2, -0.15) is 0 Å². The Morgan fingerprint density at radius 3 is 2.66 bits per heavy atom. The number of carbonyl (C=O) groups excluding carboxylic acids is 1. The average Bonchev–Trinajstić information content (AvgIpc) is 3.00. The Morgan fingerprint density at radius 2 is 1.97 bits per heavy atom. The number of thioether (sulfide) groups is 1. The molecule has 1 fully saturated rings. The zero-order chi connectivity index (χ0) is 23.2. The maximum Gasteiger partial charge on any atom is 0.264 e. The van der Waals surface area contributed by atoms with Crippen LogP contribution in [0, 0.1) is 13.8 Å². The van der Waals surface area contributed by atoms with Crippen LogP contribution in [0.1, 0.15) is 69.2 Å². The summed E-state index contributed by atoms with van der Waals surface area (Å²) in [5.74, 6) is 0.382. The van der Waals surface area contributed by atoms with Crippen molar-refractivity contribution in [3.63, 3.8) is 0 Å². The summed E-state index contributed by atoms with van der Waals surface area (Å²) in [5, 5.41) is 3.54. The molecule has 0 unspecified atom stereocenters. The van der Waals surface area contributed by atoms with Gasteiger partial charge in [0.1, 0.15) is 0 Å². The van der Waals surface area contributed by atoms with Crippen molar-refractivity contribution in [2.24, 2.45) is 4.99 Å². The van der Waals surface area contributed by atoms with Gasteiger partial charge >= 0.3 is 0 Å². The molecule has 0 radical (unpaired) electrons. The number of amidine groups is 1. The van der Waals surface area contributed by atoms with E-state index in [1.165, 1.54) is 28.6 Å². The SMILES string of the molecule is Cc1cccc(N=C2NC(=O)/C(=C/c3cc4c(cc3C)N(C(C)C)C(C)(C)C[C@@H]4C)S2)c1. The van der Waals surface area contributed by atoms with Gasteiger partial charge in [0, 0.05) is 17.3 Å². The van der Waals surface area contributed by atoms with Gasteiger partial charge in [-0.05, 0) is 118 Å². The minimum atomic E-state index is -0.0866. The van der Waals surface area contributed by atoms with Crippen molar-refractivity contribution in [3.8, 4) is 0 Å². The lowest BCUT2D eigenvalue weighted by Gasteiger charge is -2.50. The Morgan fingerprint density at radius 1 is 1.22 bits per heavy atom. The largest absolute Gasteiger partial charge is 0.364 e. The highest BCUT2D eigenvalue weighted by Gasteiger charge is 2.38. The second kappa shape index (κ2) is 8.43. The van der Waals surface area contributed by atoms with Crippen LogP contribution in [-0.4, -0.2) is 22.7 Å². The Kier molecular flexibility index (Phi) is 5.97. The first-order valence-corrected chi connectivity index (χ1v) is 12.2. The van der Waals surface area contributed by atoms with Gasteiger partial charge in [-0.1, -0.05) is 19.1 Å². The number of nitrogens with one attached hydrogen (secondary N) is 1. The second-order valence-electron chi connectivity index (χ2n) is 9.97. The predicted molar refractivity (Wildman–Crippen MR) is 138 cm³/mol. The van der Waals surface area contributed by atoms with E-state index in [2.05, 4.69) is 68.9 Å². The van der Waals surface area contributed by atoms with Crippen molar-refractivity contribution in [1.29, 1.82) is 0 Å². The van der Waals surface area contributed by atoms with E-state index >= 15 is 0 Å². The average molecular weight is 448 g/mol. The predicted octanol–water partition coefficient (Wildman–Crippen LogP) is 6.70. The number of carbonyl (C=O) groups is 1. The standard InChI is InChI=1S/C27H33N3OS/c1-16(2)30-23-12-18(4)20(13-22(23)19(5)15-27(30,6)7)14-24-25(31)29-26(32-24)28-21-10-8-9-17(3)11-21/h8-14,16,19H,15H2,1-7H3,(H,28,29,31)/b24-14-/t19-/m0/s1. The van der Waals surface area contributed by atoms with E-state index < -0.39 is 0 Å². The summed E-state index contributed by atoms with van der Waals surface area (Å²) >= 11 is 1.41. The maximum absolute atomic E-state index is 12.6. The molecule has 0 spiro atoms. The maximum atomic E-state index is 12.6. The monoisotopic (exact) mass is 447 g/mol. The van der Waals surface area contributed by atoms with E-state index in [0.29, 0.717) is 22.0 Å². The quantitative estimate of drug-likeness (QED) is 0.533. The lowest BCUT2D eigenvalue weighted by Crippen LogP contribution is -2.51. The Balaban J connectivity index is 1.68. The smallest absolute Gasteiger partial charge is 0.264 e. The van der Waals surface area contributed by atoms with Crippen molar-refractivity contribution < 1.29 is 4.79 Å². The molecule has 2 aromatic rings. The molecule has 0 saturated carbocycles. The van der Waals surface area contributed by atoms with Crippen LogP contribution in [0.25, 0.3) is 6.08 Å². The number of aliphatic imine (C=N–C) groups is 1. The van der Waals surface area contributed by atoms with Crippen molar-refractivity contribution in [2.45, 2.75) is 72.4 Å². The molecule has 5 heteroatoms. The summed E-state index contributed by atoms with van der Waals surface area (Å²) in [4.78, 5) is 20.5. The molecule has 4 nitrogen and oxygen atoms in total. The summed E-state index contributed by atoms with van der Waals surface area (Å²) in [6.45, 7) is 15.7.